The van der Waals surface area contributed by atoms with Gasteiger partial charge in [-0.25, -0.2) is 9.97 Å². The van der Waals surface area contributed by atoms with Crippen LogP contribution < -0.4 is 15.1 Å². The largest absolute Gasteiger partial charge is 0.356 e. The molecule has 0 bridgehead atoms. The summed E-state index contributed by atoms with van der Waals surface area (Å²) in [5, 5.41) is 3.45. The number of fused-ring (bicyclic) bond motifs is 1. The maximum atomic E-state index is 12.7. The number of hydrogen-bond acceptors (Lipinski definition) is 5. The lowest BCUT2D eigenvalue weighted by atomic mass is 10.0. The molecule has 2 aromatic heterocycles. The normalized spacial score (nSPS) is 16.2. The van der Waals surface area contributed by atoms with Gasteiger partial charge in [0.15, 0.2) is 0 Å². The molecule has 0 saturated carbocycles. The number of rotatable bonds is 5. The second-order valence-electron chi connectivity index (χ2n) is 8.99. The van der Waals surface area contributed by atoms with Gasteiger partial charge in [-0.05, 0) is 71.9 Å². The molecule has 1 N–H and O–H groups in total. The summed E-state index contributed by atoms with van der Waals surface area (Å²) in [6.45, 7) is 12.5. The van der Waals surface area contributed by atoms with Crippen molar-refractivity contribution in [3.8, 4) is 11.3 Å². The summed E-state index contributed by atoms with van der Waals surface area (Å²) >= 11 is 0. The van der Waals surface area contributed by atoms with Crippen molar-refractivity contribution >= 4 is 28.8 Å². The molecule has 3 aromatic rings. The zero-order chi connectivity index (χ0) is 23.2. The van der Waals surface area contributed by atoms with Crippen molar-refractivity contribution in [3.63, 3.8) is 0 Å². The van der Waals surface area contributed by atoms with Crippen LogP contribution in [0.3, 0.4) is 0 Å². The van der Waals surface area contributed by atoms with Crippen molar-refractivity contribution in [1.29, 1.82) is 0 Å². The van der Waals surface area contributed by atoms with Gasteiger partial charge in [0.1, 0.15) is 17.7 Å². The molecule has 0 unspecified atom stereocenters. The van der Waals surface area contributed by atoms with Crippen LogP contribution in [0, 0.1) is 6.92 Å². The molecule has 0 aliphatic carbocycles. The minimum Gasteiger partial charge on any atom is -0.356 e. The van der Waals surface area contributed by atoms with Gasteiger partial charge >= 0.3 is 0 Å². The number of carbonyl (C=O) groups excluding carboxylic acids is 1. The van der Waals surface area contributed by atoms with E-state index in [0.717, 1.165) is 40.0 Å². The fourth-order valence-electron chi connectivity index (χ4n) is 4.67. The van der Waals surface area contributed by atoms with Crippen molar-refractivity contribution < 1.29 is 4.79 Å². The minimum atomic E-state index is -0.205. The first-order valence-electron chi connectivity index (χ1n) is 11.2. The van der Waals surface area contributed by atoms with Crippen LogP contribution in [0.5, 0.6) is 0 Å². The van der Waals surface area contributed by atoms with Crippen LogP contribution in [0.1, 0.15) is 46.5 Å². The Labute approximate surface area is 190 Å². The van der Waals surface area contributed by atoms with Gasteiger partial charge in [-0.1, -0.05) is 0 Å². The smallest absolute Gasteiger partial charge is 0.249 e. The molecule has 3 heterocycles. The molecule has 4 rings (SSSR count). The number of imidazole rings is 1. The van der Waals surface area contributed by atoms with E-state index < -0.39 is 0 Å². The van der Waals surface area contributed by atoms with Crippen LogP contribution in [0.25, 0.3) is 11.3 Å². The van der Waals surface area contributed by atoms with Crippen molar-refractivity contribution in [1.82, 2.24) is 14.5 Å². The summed E-state index contributed by atoms with van der Waals surface area (Å²) in [4.78, 5) is 25.6. The number of pyridine rings is 1. The number of hydrogen-bond donors (Lipinski definition) is 1. The molecule has 0 spiro atoms. The van der Waals surface area contributed by atoms with E-state index >= 15 is 0 Å². The van der Waals surface area contributed by atoms with Gasteiger partial charge < -0.3 is 19.7 Å². The summed E-state index contributed by atoms with van der Waals surface area (Å²) in [5.74, 6) is 1.87. The number of nitrogens with one attached hydrogen (secondary N) is 1. The Balaban J connectivity index is 1.68. The predicted molar refractivity (Wildman–Crippen MR) is 131 cm³/mol. The van der Waals surface area contributed by atoms with Crippen LogP contribution >= 0.6 is 0 Å². The SMILES string of the molecule is Cc1ncc(-c2ccnc(Nc3ccc4c(c3)N(C(C)C)[C@H](C)C(=O)N4C)c2)n1C(C)C. The minimum absolute atomic E-state index is 0.110. The van der Waals surface area contributed by atoms with E-state index in [9.17, 15) is 4.79 Å². The fourth-order valence-corrected chi connectivity index (χ4v) is 4.67. The van der Waals surface area contributed by atoms with E-state index in [4.69, 9.17) is 0 Å². The molecule has 0 radical (unpaired) electrons. The van der Waals surface area contributed by atoms with Crippen LogP contribution in [-0.2, 0) is 4.79 Å². The monoisotopic (exact) mass is 432 g/mol. The molecule has 1 atom stereocenters. The Hall–Kier alpha value is -3.35. The van der Waals surface area contributed by atoms with Crippen molar-refractivity contribution in [2.75, 3.05) is 22.2 Å². The second kappa shape index (κ2) is 8.30. The van der Waals surface area contributed by atoms with Crippen molar-refractivity contribution in [2.24, 2.45) is 0 Å². The third kappa shape index (κ3) is 3.72. The van der Waals surface area contributed by atoms with Crippen LogP contribution in [-0.4, -0.2) is 39.6 Å². The summed E-state index contributed by atoms with van der Waals surface area (Å²) in [6.07, 6.45) is 3.74. The number of aryl methyl sites for hydroxylation is 1. The molecule has 168 valence electrons. The van der Waals surface area contributed by atoms with Gasteiger partial charge in [-0.15, -0.1) is 0 Å². The van der Waals surface area contributed by atoms with E-state index in [0.29, 0.717) is 6.04 Å². The highest BCUT2D eigenvalue weighted by Gasteiger charge is 2.34. The molecule has 7 heteroatoms. The number of amides is 1. The average molecular weight is 433 g/mol. The lowest BCUT2D eigenvalue weighted by Crippen LogP contribution is -2.53. The maximum Gasteiger partial charge on any atom is 0.249 e. The third-order valence-corrected chi connectivity index (χ3v) is 6.10. The fraction of sp³-hybridized carbons (Fsp3) is 0.400. The van der Waals surface area contributed by atoms with E-state index in [1.807, 2.05) is 57.6 Å². The molecule has 1 amide bonds. The first-order chi connectivity index (χ1) is 15.2. The molecule has 0 fully saturated rings. The quantitative estimate of drug-likeness (QED) is 0.603. The maximum absolute atomic E-state index is 12.7. The number of anilines is 4. The first-order valence-corrected chi connectivity index (χ1v) is 11.2. The van der Waals surface area contributed by atoms with Gasteiger partial charge in [0.25, 0.3) is 0 Å². The van der Waals surface area contributed by atoms with E-state index in [1.54, 1.807) is 4.90 Å². The Morgan fingerprint density at radius 1 is 1.00 bits per heavy atom. The molecule has 1 aliphatic rings. The van der Waals surface area contributed by atoms with Crippen molar-refractivity contribution in [3.05, 3.63) is 48.5 Å². The van der Waals surface area contributed by atoms with Gasteiger partial charge in [-0.3, -0.25) is 4.79 Å². The third-order valence-electron chi connectivity index (χ3n) is 6.10. The van der Waals surface area contributed by atoms with Gasteiger partial charge in [-0.2, -0.15) is 0 Å². The van der Waals surface area contributed by atoms with Crippen LogP contribution in [0.15, 0.2) is 42.7 Å². The van der Waals surface area contributed by atoms with Crippen LogP contribution in [0.2, 0.25) is 0 Å². The lowest BCUT2D eigenvalue weighted by molar-refractivity contribution is -0.119. The number of benzene rings is 1. The molecule has 1 aliphatic heterocycles. The van der Waals surface area contributed by atoms with Gasteiger partial charge in [0.2, 0.25) is 5.91 Å². The first kappa shape index (κ1) is 21.9. The highest BCUT2D eigenvalue weighted by molar-refractivity contribution is 6.05. The van der Waals surface area contributed by atoms with Gasteiger partial charge in [0.05, 0.1) is 23.3 Å². The molecule has 32 heavy (non-hydrogen) atoms. The zero-order valence-electron chi connectivity index (χ0n) is 19.9. The Bertz CT molecular complexity index is 1150. The summed E-state index contributed by atoms with van der Waals surface area (Å²) in [6, 6.07) is 10.5. The lowest BCUT2D eigenvalue weighted by Gasteiger charge is -2.42. The summed E-state index contributed by atoms with van der Waals surface area (Å²) in [7, 11) is 1.84. The van der Waals surface area contributed by atoms with Crippen molar-refractivity contribution in [2.45, 2.75) is 59.7 Å². The highest BCUT2D eigenvalue weighted by atomic mass is 16.2. The standard InChI is InChI=1S/C25H32N6O/c1-15(2)30-17(5)25(32)29(7)21-9-8-20(13-22(21)30)28-24-12-19(10-11-26-24)23-14-27-18(6)31(23)16(3)4/h8-17H,1-7H3,(H,26,28)/t17-/m1/s1. The molecule has 1 aromatic carbocycles. The number of carbonyl (C=O) groups is 1. The van der Waals surface area contributed by atoms with Gasteiger partial charge in [0, 0.05) is 36.6 Å². The Morgan fingerprint density at radius 3 is 2.44 bits per heavy atom. The highest BCUT2D eigenvalue weighted by Crippen LogP contribution is 2.39. The Kier molecular flexibility index (Phi) is 5.67. The molecular weight excluding hydrogens is 400 g/mol. The zero-order valence-corrected chi connectivity index (χ0v) is 19.9. The molecular formula is C25H32N6O. The summed E-state index contributed by atoms with van der Waals surface area (Å²) in [5.41, 5.74) is 5.04. The van der Waals surface area contributed by atoms with Crippen LogP contribution in [0.4, 0.5) is 22.9 Å². The summed E-state index contributed by atoms with van der Waals surface area (Å²) < 4.78 is 2.23. The molecule has 0 saturated heterocycles. The van der Waals surface area contributed by atoms with E-state index in [2.05, 4.69) is 58.5 Å². The molecule has 7 nitrogen and oxygen atoms in total. The van der Waals surface area contributed by atoms with E-state index in [-0.39, 0.29) is 18.0 Å². The predicted octanol–water partition coefficient (Wildman–Crippen LogP) is 5.16. The number of aromatic nitrogens is 3. The second-order valence-corrected chi connectivity index (χ2v) is 8.99. The number of nitrogens with zero attached hydrogens (tertiary/aromatic N) is 5. The Morgan fingerprint density at radius 2 is 1.75 bits per heavy atom. The average Bonchev–Trinajstić information content (AvgIpc) is 3.14. The topological polar surface area (TPSA) is 66.3 Å². The number of likely N-dealkylation sites (N-methyl/N-ethyl adjacent to an activating group) is 1. The van der Waals surface area contributed by atoms with E-state index in [1.165, 1.54) is 0 Å².